The Balaban J connectivity index is 3.17. The van der Waals surface area contributed by atoms with E-state index < -0.39 is 9.53 Å². The first kappa shape index (κ1) is 13.3. The molecule has 0 amide bonds. The summed E-state index contributed by atoms with van der Waals surface area (Å²) in [5.41, 5.74) is 0. The molecule has 6 heteroatoms. The van der Waals surface area contributed by atoms with Gasteiger partial charge in [0.25, 0.3) is 0 Å². The Morgan fingerprint density at radius 3 is 2.57 bits per heavy atom. The molecule has 2 N–H and O–H groups in total. The Bertz CT molecular complexity index is 181. The molecule has 14 heavy (non-hydrogen) atoms. The molecule has 0 aliphatic heterocycles. The van der Waals surface area contributed by atoms with E-state index >= 15 is 0 Å². The molecule has 0 aromatic rings. The van der Waals surface area contributed by atoms with E-state index in [0.29, 0.717) is 26.1 Å². The molecular weight excluding hydrogens is 204 g/mol. The molecule has 0 unspecified atom stereocenters. The van der Waals surface area contributed by atoms with Crippen molar-refractivity contribution in [2.24, 2.45) is 0 Å². The van der Waals surface area contributed by atoms with Crippen LogP contribution in [0.5, 0.6) is 0 Å². The molecule has 0 aromatic carbocycles. The summed E-state index contributed by atoms with van der Waals surface area (Å²) in [6, 6.07) is 0. The zero-order valence-corrected chi connectivity index (χ0v) is 9.33. The fourth-order valence-corrected chi connectivity index (χ4v) is 1.13. The predicted molar refractivity (Wildman–Crippen MR) is 52.5 cm³/mol. The highest BCUT2D eigenvalue weighted by Crippen LogP contribution is 1.92. The van der Waals surface area contributed by atoms with Crippen molar-refractivity contribution in [3.63, 3.8) is 0 Å². The lowest BCUT2D eigenvalue weighted by Gasteiger charge is -2.04. The SMILES string of the molecule is CC=CC(=O)OCCCCO[SiH](O)O. The molecule has 0 bridgehead atoms. The standard InChI is InChI=1S/C8H16O5Si/c1-2-5-8(9)12-6-3-4-7-13-14(10)11/h2,5,10-11,14H,3-4,6-7H2,1H3. The summed E-state index contributed by atoms with van der Waals surface area (Å²) in [5, 5.41) is 0. The molecule has 0 saturated heterocycles. The fraction of sp³-hybridized carbons (Fsp3) is 0.625. The lowest BCUT2D eigenvalue weighted by Crippen LogP contribution is -2.17. The third-order valence-corrected chi connectivity index (χ3v) is 1.89. The number of carbonyl (C=O) groups excluding carboxylic acids is 1. The molecule has 0 saturated carbocycles. The van der Waals surface area contributed by atoms with Gasteiger partial charge < -0.3 is 18.8 Å². The van der Waals surface area contributed by atoms with Crippen LogP contribution in [0.1, 0.15) is 19.8 Å². The van der Waals surface area contributed by atoms with E-state index in [0.717, 1.165) is 0 Å². The van der Waals surface area contributed by atoms with Crippen LogP contribution >= 0.6 is 0 Å². The van der Waals surface area contributed by atoms with Crippen LogP contribution in [0.2, 0.25) is 0 Å². The second-order valence-electron chi connectivity index (χ2n) is 2.57. The Morgan fingerprint density at radius 2 is 2.00 bits per heavy atom. The van der Waals surface area contributed by atoms with E-state index in [4.69, 9.17) is 14.3 Å². The average Bonchev–Trinajstić information content (AvgIpc) is 2.11. The molecular formula is C8H16O5Si. The average molecular weight is 220 g/mol. The number of ether oxygens (including phenoxy) is 1. The monoisotopic (exact) mass is 220 g/mol. The third kappa shape index (κ3) is 9.40. The van der Waals surface area contributed by atoms with Crippen molar-refractivity contribution in [2.75, 3.05) is 13.2 Å². The topological polar surface area (TPSA) is 76.0 Å². The largest absolute Gasteiger partial charge is 0.478 e. The van der Waals surface area contributed by atoms with Gasteiger partial charge in [-0.15, -0.1) is 0 Å². The normalized spacial score (nSPS) is 11.1. The summed E-state index contributed by atoms with van der Waals surface area (Å²) < 4.78 is 9.39. The highest BCUT2D eigenvalue weighted by atomic mass is 28.3. The molecule has 0 aliphatic rings. The number of allylic oxidation sites excluding steroid dienone is 1. The number of rotatable bonds is 7. The van der Waals surface area contributed by atoms with Crippen LogP contribution in [0.25, 0.3) is 0 Å². The summed E-state index contributed by atoms with van der Waals surface area (Å²) in [5.74, 6) is -0.356. The third-order valence-electron chi connectivity index (χ3n) is 1.35. The lowest BCUT2D eigenvalue weighted by molar-refractivity contribution is -0.137. The second kappa shape index (κ2) is 8.89. The molecule has 5 nitrogen and oxygen atoms in total. The molecule has 0 aromatic heterocycles. The van der Waals surface area contributed by atoms with E-state index in [9.17, 15) is 4.79 Å². The van der Waals surface area contributed by atoms with E-state index in [-0.39, 0.29) is 5.97 Å². The Kier molecular flexibility index (Phi) is 8.45. The molecule has 0 radical (unpaired) electrons. The van der Waals surface area contributed by atoms with Crippen LogP contribution in [0.15, 0.2) is 12.2 Å². The summed E-state index contributed by atoms with van der Waals surface area (Å²) in [7, 11) is -2.87. The number of hydrogen-bond acceptors (Lipinski definition) is 5. The minimum Gasteiger partial charge on any atom is -0.463 e. The zero-order valence-electron chi connectivity index (χ0n) is 8.18. The van der Waals surface area contributed by atoms with Gasteiger partial charge in [0.15, 0.2) is 0 Å². The number of hydrogen-bond donors (Lipinski definition) is 2. The summed E-state index contributed by atoms with van der Waals surface area (Å²) >= 11 is 0. The summed E-state index contributed by atoms with van der Waals surface area (Å²) in [6.45, 7) is 2.36. The second-order valence-corrected chi connectivity index (χ2v) is 3.56. The number of esters is 1. The first-order valence-corrected chi connectivity index (χ1v) is 5.94. The van der Waals surface area contributed by atoms with E-state index in [1.807, 2.05) is 0 Å². The van der Waals surface area contributed by atoms with Crippen LogP contribution in [0, 0.1) is 0 Å². The van der Waals surface area contributed by atoms with E-state index in [1.54, 1.807) is 13.0 Å². The van der Waals surface area contributed by atoms with Gasteiger partial charge >= 0.3 is 15.5 Å². The van der Waals surface area contributed by atoms with Crippen LogP contribution < -0.4 is 0 Å². The lowest BCUT2D eigenvalue weighted by atomic mass is 10.3. The maximum Gasteiger partial charge on any atom is 0.478 e. The Labute approximate surface area is 84.9 Å². The van der Waals surface area contributed by atoms with Gasteiger partial charge in [0.1, 0.15) is 0 Å². The van der Waals surface area contributed by atoms with Gasteiger partial charge in [0.05, 0.1) is 6.61 Å². The van der Waals surface area contributed by atoms with Gasteiger partial charge in [-0.05, 0) is 19.8 Å². The molecule has 0 atom stereocenters. The van der Waals surface area contributed by atoms with Gasteiger partial charge in [-0.3, -0.25) is 0 Å². The van der Waals surface area contributed by atoms with Crippen LogP contribution in [0.3, 0.4) is 0 Å². The zero-order chi connectivity index (χ0) is 10.8. The van der Waals surface area contributed by atoms with Crippen molar-refractivity contribution in [3.8, 4) is 0 Å². The first-order valence-electron chi connectivity index (χ1n) is 4.44. The molecule has 0 aliphatic carbocycles. The minimum absolute atomic E-state index is 0.297. The summed E-state index contributed by atoms with van der Waals surface area (Å²) in [4.78, 5) is 27.7. The first-order chi connectivity index (χ1) is 6.66. The van der Waals surface area contributed by atoms with Crippen molar-refractivity contribution in [2.45, 2.75) is 19.8 Å². The van der Waals surface area contributed by atoms with Crippen molar-refractivity contribution in [1.29, 1.82) is 0 Å². The Morgan fingerprint density at radius 1 is 1.36 bits per heavy atom. The molecule has 0 spiro atoms. The molecule has 0 fully saturated rings. The van der Waals surface area contributed by atoms with Crippen molar-refractivity contribution >= 4 is 15.5 Å². The van der Waals surface area contributed by atoms with E-state index in [2.05, 4.69) is 4.43 Å². The summed E-state index contributed by atoms with van der Waals surface area (Å²) in [6.07, 6.45) is 4.26. The molecule has 82 valence electrons. The smallest absolute Gasteiger partial charge is 0.463 e. The quantitative estimate of drug-likeness (QED) is 0.264. The maximum absolute atomic E-state index is 10.8. The molecule has 0 rings (SSSR count). The van der Waals surface area contributed by atoms with Gasteiger partial charge in [0.2, 0.25) is 0 Å². The molecule has 0 heterocycles. The minimum atomic E-state index is -2.87. The van der Waals surface area contributed by atoms with Crippen molar-refractivity contribution < 1.29 is 23.5 Å². The maximum atomic E-state index is 10.8. The van der Waals surface area contributed by atoms with Crippen LogP contribution in [-0.4, -0.2) is 38.3 Å². The number of unbranched alkanes of at least 4 members (excludes halogenated alkanes) is 1. The van der Waals surface area contributed by atoms with Crippen LogP contribution in [-0.2, 0) is 14.0 Å². The highest BCUT2D eigenvalue weighted by molar-refractivity contribution is 6.32. The van der Waals surface area contributed by atoms with Gasteiger partial charge in [0, 0.05) is 12.7 Å². The fourth-order valence-electron chi connectivity index (χ4n) is 0.750. The van der Waals surface area contributed by atoms with E-state index in [1.165, 1.54) is 6.08 Å². The number of carbonyl (C=O) groups is 1. The highest BCUT2D eigenvalue weighted by Gasteiger charge is 2.01. The van der Waals surface area contributed by atoms with Crippen molar-refractivity contribution in [1.82, 2.24) is 0 Å². The van der Waals surface area contributed by atoms with Gasteiger partial charge in [-0.1, -0.05) is 6.08 Å². The predicted octanol–water partition coefficient (Wildman–Crippen LogP) is -0.396. The van der Waals surface area contributed by atoms with Crippen molar-refractivity contribution in [3.05, 3.63) is 12.2 Å². The van der Waals surface area contributed by atoms with Gasteiger partial charge in [-0.2, -0.15) is 0 Å². The van der Waals surface area contributed by atoms with Gasteiger partial charge in [-0.25, -0.2) is 4.79 Å². The Hall–Kier alpha value is -0.693. The van der Waals surface area contributed by atoms with Crippen LogP contribution in [0.4, 0.5) is 0 Å².